The molecule has 1 aromatic heterocycles. The second-order valence-corrected chi connectivity index (χ2v) is 4.38. The van der Waals surface area contributed by atoms with Crippen molar-refractivity contribution in [2.45, 2.75) is 13.0 Å². The molecule has 104 valence electrons. The summed E-state index contributed by atoms with van der Waals surface area (Å²) in [6.07, 6.45) is 3.29. The highest BCUT2D eigenvalue weighted by atomic mass is 16.4. The summed E-state index contributed by atoms with van der Waals surface area (Å²) in [4.78, 5) is 24.9. The van der Waals surface area contributed by atoms with Crippen LogP contribution in [0.4, 0.5) is 5.69 Å². The molecule has 1 N–H and O–H groups in total. The smallest absolute Gasteiger partial charge is 0.337 e. The van der Waals surface area contributed by atoms with E-state index in [-0.39, 0.29) is 11.5 Å². The van der Waals surface area contributed by atoms with Gasteiger partial charge in [0.25, 0.3) is 5.91 Å². The van der Waals surface area contributed by atoms with E-state index in [2.05, 4.69) is 5.10 Å². The van der Waals surface area contributed by atoms with Gasteiger partial charge in [-0.1, -0.05) is 12.1 Å². The Balaban J connectivity index is 2.30. The van der Waals surface area contributed by atoms with E-state index in [0.29, 0.717) is 5.69 Å². The van der Waals surface area contributed by atoms with Gasteiger partial charge in [-0.15, -0.1) is 0 Å². The maximum atomic E-state index is 12.4. The van der Waals surface area contributed by atoms with Gasteiger partial charge < -0.3 is 10.0 Å². The third-order valence-corrected chi connectivity index (χ3v) is 3.11. The quantitative estimate of drug-likeness (QED) is 0.921. The third kappa shape index (κ3) is 2.54. The second-order valence-electron chi connectivity index (χ2n) is 4.38. The third-order valence-electron chi connectivity index (χ3n) is 3.11. The number of aromatic nitrogens is 2. The Labute approximate surface area is 116 Å². The fourth-order valence-corrected chi connectivity index (χ4v) is 1.97. The van der Waals surface area contributed by atoms with Crippen LogP contribution in [0.15, 0.2) is 42.7 Å². The van der Waals surface area contributed by atoms with Gasteiger partial charge in [-0.25, -0.2) is 4.79 Å². The first kappa shape index (κ1) is 13.8. The highest BCUT2D eigenvalue weighted by molar-refractivity contribution is 6.02. The van der Waals surface area contributed by atoms with Crippen molar-refractivity contribution in [1.82, 2.24) is 9.78 Å². The largest absolute Gasteiger partial charge is 0.478 e. The lowest BCUT2D eigenvalue weighted by atomic mass is 10.1. The summed E-state index contributed by atoms with van der Waals surface area (Å²) in [7, 11) is 1.56. The zero-order valence-electron chi connectivity index (χ0n) is 11.2. The minimum Gasteiger partial charge on any atom is -0.478 e. The fourth-order valence-electron chi connectivity index (χ4n) is 1.97. The maximum Gasteiger partial charge on any atom is 0.337 e. The number of carboxylic acids is 1. The van der Waals surface area contributed by atoms with Gasteiger partial charge in [0.1, 0.15) is 6.04 Å². The Hall–Kier alpha value is -2.63. The number of benzene rings is 1. The van der Waals surface area contributed by atoms with E-state index >= 15 is 0 Å². The lowest BCUT2D eigenvalue weighted by Gasteiger charge is -2.23. The van der Waals surface area contributed by atoms with Gasteiger partial charge >= 0.3 is 5.97 Å². The number of likely N-dealkylation sites (N-methyl/N-ethyl adjacent to an activating group) is 1. The topological polar surface area (TPSA) is 75.4 Å². The molecule has 0 saturated carbocycles. The molecule has 0 radical (unpaired) electrons. The molecule has 0 aliphatic rings. The average molecular weight is 273 g/mol. The number of carbonyl (C=O) groups is 2. The monoisotopic (exact) mass is 273 g/mol. The highest BCUT2D eigenvalue weighted by Crippen LogP contribution is 2.21. The molecule has 0 fully saturated rings. The molecular formula is C14H15N3O3. The highest BCUT2D eigenvalue weighted by Gasteiger charge is 2.23. The lowest BCUT2D eigenvalue weighted by molar-refractivity contribution is -0.121. The van der Waals surface area contributed by atoms with E-state index < -0.39 is 12.0 Å². The first-order valence-corrected chi connectivity index (χ1v) is 6.11. The Bertz CT molecular complexity index is 622. The number of carboxylic acid groups (broad SMARTS) is 1. The van der Waals surface area contributed by atoms with Gasteiger partial charge in [0, 0.05) is 19.4 Å². The molecule has 0 spiro atoms. The molecule has 1 amide bonds. The zero-order valence-corrected chi connectivity index (χ0v) is 11.2. The molecule has 0 aliphatic heterocycles. The van der Waals surface area contributed by atoms with Crippen molar-refractivity contribution in [2.24, 2.45) is 0 Å². The van der Waals surface area contributed by atoms with Gasteiger partial charge in [0.15, 0.2) is 0 Å². The molecule has 20 heavy (non-hydrogen) atoms. The Morgan fingerprint density at radius 3 is 2.60 bits per heavy atom. The van der Waals surface area contributed by atoms with Crippen LogP contribution in [-0.2, 0) is 4.79 Å². The minimum atomic E-state index is -1.06. The van der Waals surface area contributed by atoms with Crippen molar-refractivity contribution < 1.29 is 14.7 Å². The predicted octanol–water partition coefficient (Wildman–Crippen LogP) is 1.81. The van der Waals surface area contributed by atoms with Crippen LogP contribution in [0.2, 0.25) is 0 Å². The van der Waals surface area contributed by atoms with Crippen molar-refractivity contribution in [1.29, 1.82) is 0 Å². The molecule has 0 bridgehead atoms. The summed E-state index contributed by atoms with van der Waals surface area (Å²) >= 11 is 0. The molecule has 0 aliphatic carbocycles. The molecule has 0 saturated heterocycles. The van der Waals surface area contributed by atoms with E-state index in [1.807, 2.05) is 0 Å². The van der Waals surface area contributed by atoms with E-state index in [9.17, 15) is 9.59 Å². The maximum absolute atomic E-state index is 12.4. The van der Waals surface area contributed by atoms with Crippen LogP contribution in [0.5, 0.6) is 0 Å². The van der Waals surface area contributed by atoms with Gasteiger partial charge in [-0.05, 0) is 25.1 Å². The number of carbonyl (C=O) groups excluding carboxylic acids is 1. The van der Waals surface area contributed by atoms with Crippen LogP contribution in [-0.4, -0.2) is 33.8 Å². The van der Waals surface area contributed by atoms with Crippen LogP contribution in [0.25, 0.3) is 0 Å². The van der Waals surface area contributed by atoms with Crippen molar-refractivity contribution >= 4 is 17.6 Å². The van der Waals surface area contributed by atoms with Gasteiger partial charge in [-0.3, -0.25) is 9.48 Å². The van der Waals surface area contributed by atoms with E-state index in [4.69, 9.17) is 5.11 Å². The lowest BCUT2D eigenvalue weighted by Crippen LogP contribution is -2.34. The molecule has 6 heteroatoms. The molecule has 1 atom stereocenters. The summed E-state index contributed by atoms with van der Waals surface area (Å²) in [5.74, 6) is -1.30. The Morgan fingerprint density at radius 1 is 1.30 bits per heavy atom. The van der Waals surface area contributed by atoms with Crippen LogP contribution in [0, 0.1) is 0 Å². The number of anilines is 1. The molecule has 0 unspecified atom stereocenters. The fraction of sp³-hybridized carbons (Fsp3) is 0.214. The second kappa shape index (κ2) is 5.56. The normalized spacial score (nSPS) is 11.9. The number of nitrogens with zero attached hydrogens (tertiary/aromatic N) is 3. The first-order chi connectivity index (χ1) is 9.52. The minimum absolute atomic E-state index is 0.0935. The first-order valence-electron chi connectivity index (χ1n) is 6.11. The molecular weight excluding hydrogens is 258 g/mol. The summed E-state index contributed by atoms with van der Waals surface area (Å²) in [6, 6.07) is 7.63. The van der Waals surface area contributed by atoms with E-state index in [0.717, 1.165) is 0 Å². The van der Waals surface area contributed by atoms with Gasteiger partial charge in [0.2, 0.25) is 0 Å². The van der Waals surface area contributed by atoms with Crippen LogP contribution in [0.3, 0.4) is 0 Å². The Kier molecular flexibility index (Phi) is 3.84. The molecule has 6 nitrogen and oxygen atoms in total. The number of aromatic carboxylic acids is 1. The van der Waals surface area contributed by atoms with Crippen LogP contribution in [0.1, 0.15) is 23.3 Å². The molecule has 2 rings (SSSR count). The van der Waals surface area contributed by atoms with E-state index in [1.54, 1.807) is 50.6 Å². The molecule has 2 aromatic rings. The molecule has 1 heterocycles. The van der Waals surface area contributed by atoms with Crippen molar-refractivity contribution in [3.05, 3.63) is 48.3 Å². The number of hydrogen-bond donors (Lipinski definition) is 1. The Morgan fingerprint density at radius 2 is 2.00 bits per heavy atom. The van der Waals surface area contributed by atoms with Gasteiger partial charge in [-0.2, -0.15) is 5.10 Å². The number of para-hydroxylation sites is 1. The standard InChI is InChI=1S/C14H15N3O3/c1-10(17-9-5-8-15-17)13(18)16(2)12-7-4-3-6-11(12)14(19)20/h3-10H,1-2H3,(H,19,20)/t10-/m1/s1. The summed E-state index contributed by atoms with van der Waals surface area (Å²) in [5, 5.41) is 13.2. The number of hydrogen-bond acceptors (Lipinski definition) is 3. The summed E-state index contributed by atoms with van der Waals surface area (Å²) in [6.45, 7) is 1.72. The van der Waals surface area contributed by atoms with Gasteiger partial charge in [0.05, 0.1) is 11.3 Å². The average Bonchev–Trinajstić information content (AvgIpc) is 2.99. The molecule has 1 aromatic carbocycles. The van der Waals surface area contributed by atoms with Crippen molar-refractivity contribution in [3.8, 4) is 0 Å². The summed E-state index contributed by atoms with van der Waals surface area (Å²) < 4.78 is 1.53. The van der Waals surface area contributed by atoms with Crippen LogP contribution >= 0.6 is 0 Å². The predicted molar refractivity (Wildman–Crippen MR) is 73.7 cm³/mol. The number of amides is 1. The number of rotatable bonds is 4. The summed E-state index contributed by atoms with van der Waals surface area (Å²) in [5.41, 5.74) is 0.458. The van der Waals surface area contributed by atoms with E-state index in [1.165, 1.54) is 15.6 Å². The zero-order chi connectivity index (χ0) is 14.7. The van der Waals surface area contributed by atoms with Crippen molar-refractivity contribution in [3.63, 3.8) is 0 Å². The van der Waals surface area contributed by atoms with Crippen LogP contribution < -0.4 is 4.90 Å². The van der Waals surface area contributed by atoms with Crippen molar-refractivity contribution in [2.75, 3.05) is 11.9 Å². The SMILES string of the molecule is C[C@H](C(=O)N(C)c1ccccc1C(=O)O)n1cccn1.